The van der Waals surface area contributed by atoms with Gasteiger partial charge in [-0.15, -0.1) is 11.3 Å². The Morgan fingerprint density at radius 1 is 0.759 bits per heavy atom. The maximum Gasteiger partial charge on any atom is 0.0756 e. The predicted octanol–water partition coefficient (Wildman–Crippen LogP) is 7.40. The lowest BCUT2D eigenvalue weighted by molar-refractivity contribution is 0.799. The molecule has 0 N–H and O–H groups in total. The van der Waals surface area contributed by atoms with Gasteiger partial charge in [-0.3, -0.25) is 4.98 Å². The van der Waals surface area contributed by atoms with Crippen molar-refractivity contribution in [3.8, 4) is 21.7 Å². The summed E-state index contributed by atoms with van der Waals surface area (Å²) in [5.74, 6) is 0. The van der Waals surface area contributed by atoms with Crippen LogP contribution in [0.1, 0.15) is 22.3 Å². The van der Waals surface area contributed by atoms with Gasteiger partial charge in [0, 0.05) is 25.8 Å². The lowest BCUT2D eigenvalue weighted by Gasteiger charge is -2.30. The molecule has 0 bridgehead atoms. The molecule has 3 aromatic carbocycles. The molecule has 5 aromatic rings. The largest absolute Gasteiger partial charge is 0.256 e. The van der Waals surface area contributed by atoms with Crippen molar-refractivity contribution in [3.63, 3.8) is 0 Å². The quantitative estimate of drug-likeness (QED) is 0.234. The van der Waals surface area contributed by atoms with E-state index in [9.17, 15) is 0 Å². The van der Waals surface area contributed by atoms with E-state index in [2.05, 4.69) is 94.8 Å². The highest BCUT2D eigenvalue weighted by Gasteiger charge is 2.53. The van der Waals surface area contributed by atoms with Crippen LogP contribution in [-0.4, -0.2) is 4.98 Å². The molecule has 2 heterocycles. The second kappa shape index (κ2) is 5.44. The first-order chi connectivity index (χ1) is 14.3. The van der Waals surface area contributed by atoms with E-state index < -0.39 is 0 Å². The molecule has 0 saturated carbocycles. The molecule has 2 aliphatic carbocycles. The third kappa shape index (κ3) is 1.79. The van der Waals surface area contributed by atoms with Crippen molar-refractivity contribution < 1.29 is 0 Å². The van der Waals surface area contributed by atoms with Crippen LogP contribution in [0.3, 0.4) is 0 Å². The van der Waals surface area contributed by atoms with Crippen molar-refractivity contribution in [1.82, 2.24) is 4.98 Å². The average Bonchev–Trinajstić information content (AvgIpc) is 3.37. The number of rotatable bonds is 0. The summed E-state index contributed by atoms with van der Waals surface area (Å²) >= 11 is 5.65. The number of aromatic nitrogens is 1. The molecule has 1 spiro atoms. The molecule has 0 saturated heterocycles. The Hall–Kier alpha value is -2.75. The van der Waals surface area contributed by atoms with Gasteiger partial charge in [-0.2, -0.15) is 0 Å². The van der Waals surface area contributed by atoms with Crippen LogP contribution in [0.4, 0.5) is 0 Å². The van der Waals surface area contributed by atoms with Crippen LogP contribution in [0.2, 0.25) is 0 Å². The highest BCUT2D eigenvalue weighted by Crippen LogP contribution is 2.65. The zero-order valence-electron chi connectivity index (χ0n) is 15.3. The van der Waals surface area contributed by atoms with E-state index in [4.69, 9.17) is 4.98 Å². The molecular weight excluding hydrogens is 438 g/mol. The van der Waals surface area contributed by atoms with Gasteiger partial charge >= 0.3 is 0 Å². The number of hydrogen-bond acceptors (Lipinski definition) is 2. The predicted molar refractivity (Wildman–Crippen MR) is 124 cm³/mol. The Morgan fingerprint density at radius 2 is 1.59 bits per heavy atom. The molecular formula is C26H14BrNS. The number of fused-ring (bicyclic) bond motifs is 12. The van der Waals surface area contributed by atoms with Crippen molar-refractivity contribution >= 4 is 37.4 Å². The molecule has 0 fully saturated rings. The summed E-state index contributed by atoms with van der Waals surface area (Å²) < 4.78 is 2.45. The topological polar surface area (TPSA) is 12.9 Å². The fourth-order valence-electron chi connectivity index (χ4n) is 5.41. The molecule has 2 aromatic heterocycles. The maximum absolute atomic E-state index is 4.85. The molecule has 0 aliphatic heterocycles. The van der Waals surface area contributed by atoms with Crippen LogP contribution >= 0.6 is 27.3 Å². The summed E-state index contributed by atoms with van der Waals surface area (Å²) in [4.78, 5) is 6.24. The van der Waals surface area contributed by atoms with Crippen molar-refractivity contribution in [2.45, 2.75) is 5.41 Å². The van der Waals surface area contributed by atoms with E-state index in [1.54, 1.807) is 0 Å². The number of pyridine rings is 1. The van der Waals surface area contributed by atoms with Crippen molar-refractivity contribution in [1.29, 1.82) is 0 Å². The molecule has 2 aliphatic rings. The van der Waals surface area contributed by atoms with Gasteiger partial charge in [0.25, 0.3) is 0 Å². The molecule has 0 amide bonds. The van der Waals surface area contributed by atoms with Crippen LogP contribution in [0, 0.1) is 0 Å². The van der Waals surface area contributed by atoms with E-state index >= 15 is 0 Å². The van der Waals surface area contributed by atoms with Crippen LogP contribution in [0.15, 0.2) is 89.5 Å². The minimum absolute atomic E-state index is 0.311. The highest BCUT2D eigenvalue weighted by atomic mass is 79.9. The molecule has 136 valence electrons. The lowest BCUT2D eigenvalue weighted by Crippen LogP contribution is -2.25. The van der Waals surface area contributed by atoms with E-state index in [0.29, 0.717) is 0 Å². The first-order valence-electron chi connectivity index (χ1n) is 9.68. The number of thiophene rings is 1. The Bertz CT molecular complexity index is 1480. The fraction of sp³-hybridized carbons (Fsp3) is 0.0385. The summed E-state index contributed by atoms with van der Waals surface area (Å²) in [6.07, 6.45) is 1.91. The maximum atomic E-state index is 4.85. The van der Waals surface area contributed by atoms with Gasteiger partial charge in [0.2, 0.25) is 0 Å². The molecule has 1 atom stereocenters. The molecule has 1 nitrogen and oxygen atoms in total. The van der Waals surface area contributed by atoms with Gasteiger partial charge in [-0.1, -0.05) is 70.5 Å². The van der Waals surface area contributed by atoms with Gasteiger partial charge in [0.15, 0.2) is 0 Å². The third-order valence-corrected chi connectivity index (χ3v) is 8.10. The smallest absolute Gasteiger partial charge is 0.0756 e. The van der Waals surface area contributed by atoms with Crippen molar-refractivity contribution in [2.75, 3.05) is 0 Å². The number of benzene rings is 3. The Balaban J connectivity index is 1.78. The standard InChI is InChI=1S/C26H14BrNS/c27-15-11-12-16-21(14-15)26(20-9-5-13-28-24(16)20)19-8-3-1-6-17(19)25-23(26)18-7-2-4-10-22(18)29-25/h1-14H. The normalized spacial score (nSPS) is 18.0. The van der Waals surface area contributed by atoms with Crippen LogP contribution < -0.4 is 0 Å². The van der Waals surface area contributed by atoms with E-state index in [1.165, 1.54) is 48.3 Å². The number of halogens is 1. The van der Waals surface area contributed by atoms with E-state index in [0.717, 1.165) is 10.2 Å². The zero-order valence-corrected chi connectivity index (χ0v) is 17.7. The van der Waals surface area contributed by atoms with Gasteiger partial charge < -0.3 is 0 Å². The Morgan fingerprint density at radius 3 is 2.55 bits per heavy atom. The van der Waals surface area contributed by atoms with Crippen LogP contribution in [0.25, 0.3) is 31.8 Å². The Kier molecular flexibility index (Phi) is 3.02. The van der Waals surface area contributed by atoms with Gasteiger partial charge in [0.1, 0.15) is 0 Å². The van der Waals surface area contributed by atoms with E-state index in [1.807, 2.05) is 17.5 Å². The van der Waals surface area contributed by atoms with Crippen LogP contribution in [0.5, 0.6) is 0 Å². The number of nitrogens with zero attached hydrogens (tertiary/aromatic N) is 1. The summed E-state index contributed by atoms with van der Waals surface area (Å²) in [6.45, 7) is 0. The summed E-state index contributed by atoms with van der Waals surface area (Å²) in [7, 11) is 0. The monoisotopic (exact) mass is 451 g/mol. The lowest BCUT2D eigenvalue weighted by atomic mass is 9.70. The first-order valence-corrected chi connectivity index (χ1v) is 11.3. The minimum atomic E-state index is -0.311. The minimum Gasteiger partial charge on any atom is -0.256 e. The van der Waals surface area contributed by atoms with Gasteiger partial charge in [-0.05, 0) is 57.5 Å². The van der Waals surface area contributed by atoms with Gasteiger partial charge in [0.05, 0.1) is 11.1 Å². The molecule has 0 radical (unpaired) electrons. The highest BCUT2D eigenvalue weighted by molar-refractivity contribution is 9.10. The Labute approximate surface area is 180 Å². The van der Waals surface area contributed by atoms with Gasteiger partial charge in [-0.25, -0.2) is 0 Å². The fourth-order valence-corrected chi connectivity index (χ4v) is 7.07. The number of hydrogen-bond donors (Lipinski definition) is 0. The van der Waals surface area contributed by atoms with Crippen molar-refractivity contribution in [3.05, 3.63) is 112 Å². The van der Waals surface area contributed by atoms with E-state index in [-0.39, 0.29) is 5.41 Å². The first kappa shape index (κ1) is 16.1. The SMILES string of the molecule is Brc1ccc2c(c1)C1(c3ccccc3-c3sc4ccccc4c31)c1cccnc1-2. The molecule has 7 rings (SSSR count). The zero-order chi connectivity index (χ0) is 19.2. The van der Waals surface area contributed by atoms with Crippen LogP contribution in [-0.2, 0) is 5.41 Å². The second-order valence-electron chi connectivity index (χ2n) is 7.69. The summed E-state index contributed by atoms with van der Waals surface area (Å²) in [5.41, 5.74) is 8.80. The summed E-state index contributed by atoms with van der Waals surface area (Å²) in [6, 6.07) is 28.7. The third-order valence-electron chi connectivity index (χ3n) is 6.40. The second-order valence-corrected chi connectivity index (χ2v) is 9.66. The summed E-state index contributed by atoms with van der Waals surface area (Å²) in [5, 5.41) is 1.35. The molecule has 1 unspecified atom stereocenters. The molecule has 29 heavy (non-hydrogen) atoms. The molecule has 3 heteroatoms. The average molecular weight is 452 g/mol. The van der Waals surface area contributed by atoms with Crippen molar-refractivity contribution in [2.24, 2.45) is 0 Å².